The molecule has 1 aromatic heterocycles. The number of alkyl halides is 3. The third-order valence-corrected chi connectivity index (χ3v) is 5.22. The number of carbonyl (C=O) groups excluding carboxylic acids is 1. The van der Waals surface area contributed by atoms with Crippen LogP contribution >= 0.6 is 11.6 Å². The first-order valence-corrected chi connectivity index (χ1v) is 10.1. The van der Waals surface area contributed by atoms with Gasteiger partial charge in [0.15, 0.2) is 0 Å². The van der Waals surface area contributed by atoms with Crippen LogP contribution in [0.25, 0.3) is 0 Å². The van der Waals surface area contributed by atoms with Gasteiger partial charge in [0.05, 0.1) is 16.6 Å². The first-order valence-electron chi connectivity index (χ1n) is 9.70. The number of hydrogen-bond acceptors (Lipinski definition) is 5. The maximum atomic E-state index is 13.1. The number of hydrogen-bond donors (Lipinski definition) is 1. The number of benzene rings is 2. The second kappa shape index (κ2) is 9.00. The molecule has 1 atom stereocenters. The summed E-state index contributed by atoms with van der Waals surface area (Å²) in [5, 5.41) is 11.2. The Balaban J connectivity index is 1.47. The van der Waals surface area contributed by atoms with Gasteiger partial charge in [0.2, 0.25) is 0 Å². The number of nitrogens with zero attached hydrogens (tertiary/aromatic N) is 2. The first kappa shape index (κ1) is 22.4. The third kappa shape index (κ3) is 5.18. The Hall–Kier alpha value is -3.77. The highest BCUT2D eigenvalue weighted by atomic mass is 35.5. The highest BCUT2D eigenvalue weighted by Gasteiger charge is 2.34. The van der Waals surface area contributed by atoms with E-state index in [1.807, 2.05) is 6.07 Å². The zero-order valence-electron chi connectivity index (χ0n) is 16.8. The molecule has 1 aliphatic rings. The lowest BCUT2D eigenvalue weighted by molar-refractivity contribution is -0.137. The SMILES string of the molecule is N#Cc1cc(Oc2ccc3c(c2)CC(NC(=O)c2ccc(Cl)c(C(F)(F)F)c2)CO3)ccn1. The Bertz CT molecular complexity index is 1260. The minimum atomic E-state index is -4.67. The molecule has 1 N–H and O–H groups in total. The molecule has 4 rings (SSSR count). The van der Waals surface area contributed by atoms with Gasteiger partial charge in [0.25, 0.3) is 5.91 Å². The maximum Gasteiger partial charge on any atom is 0.417 e. The van der Waals surface area contributed by atoms with E-state index < -0.39 is 28.7 Å². The van der Waals surface area contributed by atoms with Crippen LogP contribution in [0.4, 0.5) is 13.2 Å². The van der Waals surface area contributed by atoms with Crippen molar-refractivity contribution in [2.24, 2.45) is 0 Å². The van der Waals surface area contributed by atoms with Crippen molar-refractivity contribution in [1.82, 2.24) is 10.3 Å². The van der Waals surface area contributed by atoms with E-state index in [1.54, 1.807) is 24.3 Å². The molecule has 3 aromatic rings. The lowest BCUT2D eigenvalue weighted by Crippen LogP contribution is -2.42. The molecule has 168 valence electrons. The molecule has 0 bridgehead atoms. The zero-order valence-corrected chi connectivity index (χ0v) is 17.6. The van der Waals surface area contributed by atoms with Crippen LogP contribution in [-0.2, 0) is 12.6 Å². The van der Waals surface area contributed by atoms with Gasteiger partial charge in [-0.05, 0) is 54.4 Å². The van der Waals surface area contributed by atoms with E-state index in [0.29, 0.717) is 23.7 Å². The van der Waals surface area contributed by atoms with Crippen LogP contribution in [0.5, 0.6) is 17.2 Å². The molecule has 0 spiro atoms. The second-order valence-corrected chi connectivity index (χ2v) is 7.65. The smallest absolute Gasteiger partial charge is 0.417 e. The molecular weight excluding hydrogens is 459 g/mol. The van der Waals surface area contributed by atoms with Gasteiger partial charge in [-0.3, -0.25) is 4.79 Å². The molecule has 0 aliphatic carbocycles. The van der Waals surface area contributed by atoms with Crippen LogP contribution in [0.2, 0.25) is 5.02 Å². The summed E-state index contributed by atoms with van der Waals surface area (Å²) in [6.45, 7) is 0.161. The summed E-state index contributed by atoms with van der Waals surface area (Å²) in [6, 6.07) is 12.8. The van der Waals surface area contributed by atoms with Gasteiger partial charge in [-0.15, -0.1) is 0 Å². The van der Waals surface area contributed by atoms with Crippen LogP contribution in [0.3, 0.4) is 0 Å². The number of fused-ring (bicyclic) bond motifs is 1. The van der Waals surface area contributed by atoms with Crippen LogP contribution in [-0.4, -0.2) is 23.5 Å². The van der Waals surface area contributed by atoms with Crippen LogP contribution in [0, 0.1) is 11.3 Å². The average Bonchev–Trinajstić information content (AvgIpc) is 2.78. The fraction of sp³-hybridized carbons (Fsp3) is 0.174. The monoisotopic (exact) mass is 473 g/mol. The number of rotatable bonds is 4. The molecule has 2 heterocycles. The Morgan fingerprint density at radius 2 is 1.97 bits per heavy atom. The normalized spacial score (nSPS) is 15.1. The molecule has 1 amide bonds. The largest absolute Gasteiger partial charge is 0.491 e. The van der Waals surface area contributed by atoms with E-state index >= 15 is 0 Å². The van der Waals surface area contributed by atoms with Crippen LogP contribution in [0.15, 0.2) is 54.7 Å². The van der Waals surface area contributed by atoms with E-state index in [0.717, 1.165) is 17.7 Å². The molecular formula is C23H15ClF3N3O3. The maximum absolute atomic E-state index is 13.1. The quantitative estimate of drug-likeness (QED) is 0.566. The first-order chi connectivity index (χ1) is 15.7. The molecule has 33 heavy (non-hydrogen) atoms. The second-order valence-electron chi connectivity index (χ2n) is 7.24. The van der Waals surface area contributed by atoms with Gasteiger partial charge >= 0.3 is 6.18 Å². The Morgan fingerprint density at radius 3 is 2.73 bits per heavy atom. The molecule has 2 aromatic carbocycles. The summed E-state index contributed by atoms with van der Waals surface area (Å²) in [5.41, 5.74) is -0.252. The highest BCUT2D eigenvalue weighted by molar-refractivity contribution is 6.31. The van der Waals surface area contributed by atoms with Gasteiger partial charge in [0, 0.05) is 17.8 Å². The number of aromatic nitrogens is 1. The minimum Gasteiger partial charge on any atom is -0.491 e. The lowest BCUT2D eigenvalue weighted by atomic mass is 10.0. The average molecular weight is 474 g/mol. The molecule has 0 saturated carbocycles. The van der Waals surface area contributed by atoms with E-state index in [9.17, 15) is 18.0 Å². The van der Waals surface area contributed by atoms with Crippen molar-refractivity contribution in [2.45, 2.75) is 18.6 Å². The van der Waals surface area contributed by atoms with Crippen molar-refractivity contribution in [1.29, 1.82) is 5.26 Å². The molecule has 0 radical (unpaired) electrons. The number of nitriles is 1. The van der Waals surface area contributed by atoms with Crippen molar-refractivity contribution in [3.05, 3.63) is 82.1 Å². The van der Waals surface area contributed by atoms with Gasteiger partial charge in [-0.2, -0.15) is 18.4 Å². The number of nitrogens with one attached hydrogen (secondary N) is 1. The van der Waals surface area contributed by atoms with Gasteiger partial charge in [-0.25, -0.2) is 4.98 Å². The molecule has 1 aliphatic heterocycles. The van der Waals surface area contributed by atoms with E-state index in [1.165, 1.54) is 18.3 Å². The summed E-state index contributed by atoms with van der Waals surface area (Å²) in [5.74, 6) is 0.881. The molecule has 1 unspecified atom stereocenters. The topological polar surface area (TPSA) is 84.2 Å². The summed E-state index contributed by atoms with van der Waals surface area (Å²) >= 11 is 5.62. The fourth-order valence-corrected chi connectivity index (χ4v) is 3.58. The third-order valence-electron chi connectivity index (χ3n) is 4.89. The van der Waals surface area contributed by atoms with Crippen molar-refractivity contribution in [2.75, 3.05) is 6.61 Å². The zero-order chi connectivity index (χ0) is 23.6. The molecule has 10 heteroatoms. The Labute approximate surface area is 191 Å². The number of ether oxygens (including phenoxy) is 2. The number of amides is 1. The van der Waals surface area contributed by atoms with Crippen LogP contribution < -0.4 is 14.8 Å². The van der Waals surface area contributed by atoms with Gasteiger partial charge < -0.3 is 14.8 Å². The predicted octanol–water partition coefficient (Wildman–Crippen LogP) is 5.15. The number of pyridine rings is 1. The van der Waals surface area contributed by atoms with Crippen molar-refractivity contribution >= 4 is 17.5 Å². The molecule has 6 nitrogen and oxygen atoms in total. The van der Waals surface area contributed by atoms with Crippen molar-refractivity contribution < 1.29 is 27.4 Å². The van der Waals surface area contributed by atoms with E-state index in [4.69, 9.17) is 26.3 Å². The number of carbonyl (C=O) groups is 1. The summed E-state index contributed by atoms with van der Waals surface area (Å²) in [7, 11) is 0. The lowest BCUT2D eigenvalue weighted by Gasteiger charge is -2.26. The molecule has 0 saturated heterocycles. The standard InChI is InChI=1S/C23H15ClF3N3O3/c24-20-3-1-13(9-19(20)23(25,26)27)22(31)30-16-7-14-8-17(2-4-21(14)32-12-16)33-18-5-6-29-15(10-18)11-28/h1-6,8-10,16H,7,12H2,(H,30,31). The van der Waals surface area contributed by atoms with Crippen LogP contribution in [0.1, 0.15) is 27.2 Å². The Kier molecular flexibility index (Phi) is 6.11. The van der Waals surface area contributed by atoms with Crippen molar-refractivity contribution in [3.63, 3.8) is 0 Å². The van der Waals surface area contributed by atoms with Gasteiger partial charge in [-0.1, -0.05) is 11.6 Å². The summed E-state index contributed by atoms with van der Waals surface area (Å²) in [4.78, 5) is 16.4. The Morgan fingerprint density at radius 1 is 1.18 bits per heavy atom. The predicted molar refractivity (Wildman–Crippen MR) is 112 cm³/mol. The van der Waals surface area contributed by atoms with E-state index in [2.05, 4.69) is 10.3 Å². The molecule has 0 fully saturated rings. The number of halogens is 4. The minimum absolute atomic E-state index is 0.152. The van der Waals surface area contributed by atoms with Gasteiger partial charge in [0.1, 0.15) is 35.6 Å². The highest BCUT2D eigenvalue weighted by Crippen LogP contribution is 2.35. The summed E-state index contributed by atoms with van der Waals surface area (Å²) in [6.07, 6.45) is -2.82. The van der Waals surface area contributed by atoms with E-state index in [-0.39, 0.29) is 17.9 Å². The van der Waals surface area contributed by atoms with Crippen molar-refractivity contribution in [3.8, 4) is 23.3 Å². The summed E-state index contributed by atoms with van der Waals surface area (Å²) < 4.78 is 50.7. The fourth-order valence-electron chi connectivity index (χ4n) is 3.35.